The van der Waals surface area contributed by atoms with Gasteiger partial charge in [0.1, 0.15) is 0 Å². The molecule has 104 valence electrons. The first kappa shape index (κ1) is 14.0. The number of amides is 1. The van der Waals surface area contributed by atoms with E-state index in [1.54, 1.807) is 0 Å². The van der Waals surface area contributed by atoms with E-state index < -0.39 is 6.10 Å². The number of aliphatic hydroxyl groups is 2. The third-order valence-corrected chi connectivity index (χ3v) is 3.74. The van der Waals surface area contributed by atoms with Gasteiger partial charge in [-0.1, -0.05) is 30.3 Å². The summed E-state index contributed by atoms with van der Waals surface area (Å²) < 4.78 is 0. The molecule has 0 aliphatic heterocycles. The second-order valence-electron chi connectivity index (χ2n) is 5.23. The van der Waals surface area contributed by atoms with Crippen LogP contribution in [0.1, 0.15) is 24.8 Å². The van der Waals surface area contributed by atoms with Gasteiger partial charge in [-0.3, -0.25) is 4.79 Å². The van der Waals surface area contributed by atoms with E-state index in [9.17, 15) is 9.90 Å². The van der Waals surface area contributed by atoms with Crippen LogP contribution in [0.4, 0.5) is 0 Å². The average Bonchev–Trinajstić information content (AvgIpc) is 2.77. The van der Waals surface area contributed by atoms with E-state index in [0.29, 0.717) is 19.3 Å². The molecule has 2 rings (SSSR count). The number of carbonyl (C=O) groups excluding carboxylic acids is 1. The van der Waals surface area contributed by atoms with Crippen LogP contribution < -0.4 is 5.32 Å². The molecule has 0 radical (unpaired) electrons. The molecule has 1 fully saturated rings. The molecule has 3 atom stereocenters. The van der Waals surface area contributed by atoms with Gasteiger partial charge in [0, 0.05) is 25.0 Å². The lowest BCUT2D eigenvalue weighted by Gasteiger charge is -2.12. The number of hydrogen-bond donors (Lipinski definition) is 3. The van der Waals surface area contributed by atoms with Crippen LogP contribution in [0.3, 0.4) is 0 Å². The minimum atomic E-state index is -0.496. The summed E-state index contributed by atoms with van der Waals surface area (Å²) in [5.74, 6) is -0.0842. The number of aryl methyl sites for hydroxylation is 1. The van der Waals surface area contributed by atoms with Crippen LogP contribution in [0.5, 0.6) is 0 Å². The second-order valence-corrected chi connectivity index (χ2v) is 5.23. The smallest absolute Gasteiger partial charge is 0.220 e. The Hall–Kier alpha value is -1.39. The Morgan fingerprint density at radius 3 is 2.63 bits per heavy atom. The van der Waals surface area contributed by atoms with Crippen LogP contribution in [-0.4, -0.2) is 34.9 Å². The van der Waals surface area contributed by atoms with Crippen molar-refractivity contribution in [3.63, 3.8) is 0 Å². The van der Waals surface area contributed by atoms with Crippen LogP contribution in [0.15, 0.2) is 30.3 Å². The van der Waals surface area contributed by atoms with Crippen molar-refractivity contribution in [2.24, 2.45) is 5.92 Å². The van der Waals surface area contributed by atoms with Gasteiger partial charge in [-0.15, -0.1) is 0 Å². The van der Waals surface area contributed by atoms with E-state index in [0.717, 1.165) is 12.0 Å². The zero-order chi connectivity index (χ0) is 13.7. The summed E-state index contributed by atoms with van der Waals surface area (Å²) in [6.45, 7) is -0.0163. The molecule has 1 aliphatic carbocycles. The van der Waals surface area contributed by atoms with Crippen molar-refractivity contribution in [3.8, 4) is 0 Å². The van der Waals surface area contributed by atoms with Gasteiger partial charge in [0.15, 0.2) is 0 Å². The molecule has 0 bridgehead atoms. The minimum Gasteiger partial charge on any atom is -0.396 e. The van der Waals surface area contributed by atoms with Crippen molar-refractivity contribution < 1.29 is 15.0 Å². The van der Waals surface area contributed by atoms with E-state index in [1.165, 1.54) is 0 Å². The van der Waals surface area contributed by atoms with Crippen LogP contribution in [0.25, 0.3) is 0 Å². The predicted molar refractivity (Wildman–Crippen MR) is 72.5 cm³/mol. The number of benzene rings is 1. The van der Waals surface area contributed by atoms with Crippen LogP contribution in [-0.2, 0) is 11.2 Å². The van der Waals surface area contributed by atoms with E-state index in [-0.39, 0.29) is 24.5 Å². The molecule has 4 nitrogen and oxygen atoms in total. The maximum atomic E-state index is 11.8. The predicted octanol–water partition coefficient (Wildman–Crippen LogP) is 0.867. The Bertz CT molecular complexity index is 407. The molecule has 0 heterocycles. The van der Waals surface area contributed by atoms with Crippen molar-refractivity contribution in [2.45, 2.75) is 37.8 Å². The SMILES string of the molecule is O=C(CCc1ccccc1)N[C@H]1C[C@H](CO)[C@H](O)C1. The molecule has 19 heavy (non-hydrogen) atoms. The van der Waals surface area contributed by atoms with Crippen LogP contribution >= 0.6 is 0 Å². The van der Waals surface area contributed by atoms with E-state index >= 15 is 0 Å². The summed E-state index contributed by atoms with van der Waals surface area (Å²) in [5.41, 5.74) is 1.15. The van der Waals surface area contributed by atoms with Crippen LogP contribution in [0, 0.1) is 5.92 Å². The highest BCUT2D eigenvalue weighted by atomic mass is 16.3. The summed E-state index contributed by atoms with van der Waals surface area (Å²) in [6, 6.07) is 9.90. The quantitative estimate of drug-likeness (QED) is 0.738. The fraction of sp³-hybridized carbons (Fsp3) is 0.533. The van der Waals surface area contributed by atoms with Gasteiger partial charge in [0.2, 0.25) is 5.91 Å². The largest absolute Gasteiger partial charge is 0.396 e. The number of nitrogens with one attached hydrogen (secondary N) is 1. The molecule has 0 aromatic heterocycles. The Balaban J connectivity index is 1.73. The summed E-state index contributed by atoms with van der Waals surface area (Å²) in [5, 5.41) is 21.7. The minimum absolute atomic E-state index is 0.00424. The van der Waals surface area contributed by atoms with Crippen molar-refractivity contribution in [1.29, 1.82) is 0 Å². The first-order valence-corrected chi connectivity index (χ1v) is 6.81. The van der Waals surface area contributed by atoms with Crippen molar-refractivity contribution >= 4 is 5.91 Å². The monoisotopic (exact) mass is 263 g/mol. The standard InChI is InChI=1S/C15H21NO3/c17-10-12-8-13(9-14(12)18)16-15(19)7-6-11-4-2-1-3-5-11/h1-5,12-14,17-18H,6-10H2,(H,16,19)/t12-,13+,14-/m1/s1. The summed E-state index contributed by atoms with van der Waals surface area (Å²) >= 11 is 0. The molecule has 4 heteroatoms. The van der Waals surface area contributed by atoms with Gasteiger partial charge in [-0.05, 0) is 24.8 Å². The third kappa shape index (κ3) is 4.04. The zero-order valence-electron chi connectivity index (χ0n) is 11.0. The Kier molecular flexibility index (Phi) is 4.93. The average molecular weight is 263 g/mol. The highest BCUT2D eigenvalue weighted by molar-refractivity contribution is 5.76. The molecule has 1 aromatic carbocycles. The molecule has 3 N–H and O–H groups in total. The maximum Gasteiger partial charge on any atom is 0.220 e. The second kappa shape index (κ2) is 6.68. The molecular weight excluding hydrogens is 242 g/mol. The van der Waals surface area contributed by atoms with E-state index in [4.69, 9.17) is 5.11 Å². The first-order valence-electron chi connectivity index (χ1n) is 6.81. The highest BCUT2D eigenvalue weighted by Gasteiger charge is 2.32. The lowest BCUT2D eigenvalue weighted by atomic mass is 10.1. The van der Waals surface area contributed by atoms with Gasteiger partial charge < -0.3 is 15.5 Å². The van der Waals surface area contributed by atoms with E-state index in [1.807, 2.05) is 30.3 Å². The first-order chi connectivity index (χ1) is 9.19. The Labute approximate surface area is 113 Å². The lowest BCUT2D eigenvalue weighted by Crippen LogP contribution is -2.33. The fourth-order valence-electron chi connectivity index (χ4n) is 2.62. The molecule has 1 aliphatic rings. The molecule has 1 aromatic rings. The normalized spacial score (nSPS) is 26.3. The van der Waals surface area contributed by atoms with Gasteiger partial charge in [-0.2, -0.15) is 0 Å². The number of hydrogen-bond acceptors (Lipinski definition) is 3. The van der Waals surface area contributed by atoms with Crippen LogP contribution in [0.2, 0.25) is 0 Å². The zero-order valence-corrected chi connectivity index (χ0v) is 11.0. The molecule has 1 saturated carbocycles. The number of rotatable bonds is 5. The fourth-order valence-corrected chi connectivity index (χ4v) is 2.62. The lowest BCUT2D eigenvalue weighted by molar-refractivity contribution is -0.121. The Morgan fingerprint density at radius 1 is 1.26 bits per heavy atom. The topological polar surface area (TPSA) is 69.6 Å². The molecule has 0 unspecified atom stereocenters. The number of carbonyl (C=O) groups is 1. The van der Waals surface area contributed by atoms with Gasteiger partial charge in [0.25, 0.3) is 0 Å². The van der Waals surface area contributed by atoms with Crippen molar-refractivity contribution in [3.05, 3.63) is 35.9 Å². The molecule has 0 spiro atoms. The summed E-state index contributed by atoms with van der Waals surface area (Å²) in [6.07, 6.45) is 1.90. The van der Waals surface area contributed by atoms with E-state index in [2.05, 4.69) is 5.32 Å². The third-order valence-electron chi connectivity index (χ3n) is 3.74. The van der Waals surface area contributed by atoms with Gasteiger partial charge >= 0.3 is 0 Å². The molecule has 0 saturated heterocycles. The summed E-state index contributed by atoms with van der Waals surface area (Å²) in [4.78, 5) is 11.8. The maximum absolute atomic E-state index is 11.8. The summed E-state index contributed by atoms with van der Waals surface area (Å²) in [7, 11) is 0. The van der Waals surface area contributed by atoms with Gasteiger partial charge in [0.05, 0.1) is 6.10 Å². The highest BCUT2D eigenvalue weighted by Crippen LogP contribution is 2.25. The van der Waals surface area contributed by atoms with Crippen molar-refractivity contribution in [1.82, 2.24) is 5.32 Å². The van der Waals surface area contributed by atoms with Gasteiger partial charge in [-0.25, -0.2) is 0 Å². The molecule has 1 amide bonds. The Morgan fingerprint density at radius 2 is 2.00 bits per heavy atom. The molecular formula is C15H21NO3. The number of aliphatic hydroxyl groups excluding tert-OH is 2. The van der Waals surface area contributed by atoms with Crippen molar-refractivity contribution in [2.75, 3.05) is 6.61 Å².